The van der Waals surface area contributed by atoms with Crippen LogP contribution in [0.15, 0.2) is 6.20 Å². The Kier molecular flexibility index (Phi) is 3.73. The van der Waals surface area contributed by atoms with Crippen LogP contribution in [0.2, 0.25) is 0 Å². The number of rotatable bonds is 4. The van der Waals surface area contributed by atoms with Crippen LogP contribution in [-0.2, 0) is 17.9 Å². The van der Waals surface area contributed by atoms with Crippen LogP contribution in [-0.4, -0.2) is 38.9 Å². The number of nitrogens with zero attached hydrogens (tertiary/aromatic N) is 4. The largest absolute Gasteiger partial charge is 0.342 e. The first-order chi connectivity index (χ1) is 8.22. The van der Waals surface area contributed by atoms with E-state index in [-0.39, 0.29) is 5.91 Å². The summed E-state index contributed by atoms with van der Waals surface area (Å²) in [4.78, 5) is 13.5. The van der Waals surface area contributed by atoms with E-state index in [1.165, 1.54) is 0 Å². The highest BCUT2D eigenvalue weighted by molar-refractivity contribution is 5.76. The van der Waals surface area contributed by atoms with Gasteiger partial charge in [0.05, 0.1) is 5.69 Å². The lowest BCUT2D eigenvalue weighted by molar-refractivity contribution is -0.129. The van der Waals surface area contributed by atoms with Crippen LogP contribution in [0, 0.1) is 5.92 Å². The molecule has 1 aliphatic heterocycles. The van der Waals surface area contributed by atoms with Gasteiger partial charge in [-0.3, -0.25) is 9.48 Å². The van der Waals surface area contributed by atoms with Crippen molar-refractivity contribution in [1.29, 1.82) is 0 Å². The van der Waals surface area contributed by atoms with Crippen molar-refractivity contribution in [2.24, 2.45) is 11.7 Å². The number of hydrogen-bond donors (Lipinski definition) is 1. The lowest BCUT2D eigenvalue weighted by Gasteiger charge is -2.15. The van der Waals surface area contributed by atoms with E-state index in [1.807, 2.05) is 22.7 Å². The second kappa shape index (κ2) is 5.27. The highest BCUT2D eigenvalue weighted by atomic mass is 16.2. The predicted octanol–water partition coefficient (Wildman–Crippen LogP) is -0.00470. The number of carbonyl (C=O) groups excluding carboxylic acids is 1. The van der Waals surface area contributed by atoms with Crippen molar-refractivity contribution in [2.45, 2.75) is 32.9 Å². The van der Waals surface area contributed by atoms with Crippen molar-refractivity contribution in [3.05, 3.63) is 11.9 Å². The molecule has 1 atom stereocenters. The zero-order valence-corrected chi connectivity index (χ0v) is 10.2. The van der Waals surface area contributed by atoms with Crippen molar-refractivity contribution in [2.75, 3.05) is 13.1 Å². The Bertz CT molecular complexity index is 389. The van der Waals surface area contributed by atoms with E-state index < -0.39 is 0 Å². The number of hydrogen-bond acceptors (Lipinski definition) is 4. The minimum Gasteiger partial charge on any atom is -0.342 e. The Morgan fingerprint density at radius 2 is 2.47 bits per heavy atom. The summed E-state index contributed by atoms with van der Waals surface area (Å²) < 4.78 is 1.83. The zero-order valence-electron chi connectivity index (χ0n) is 10.2. The summed E-state index contributed by atoms with van der Waals surface area (Å²) in [5.74, 6) is 0.728. The van der Waals surface area contributed by atoms with Gasteiger partial charge in [0.25, 0.3) is 0 Å². The lowest BCUT2D eigenvalue weighted by Crippen LogP contribution is -2.28. The smallest absolute Gasteiger partial charge is 0.222 e. The SMILES string of the molecule is CCC(=O)N1CC[C@H](Cn2cc(CN)nn2)C1. The molecule has 0 radical (unpaired) electrons. The molecule has 2 rings (SSSR count). The van der Waals surface area contributed by atoms with Gasteiger partial charge < -0.3 is 10.6 Å². The Morgan fingerprint density at radius 3 is 3.12 bits per heavy atom. The summed E-state index contributed by atoms with van der Waals surface area (Å²) in [6.45, 7) is 4.85. The zero-order chi connectivity index (χ0) is 12.3. The molecule has 2 N–H and O–H groups in total. The number of amides is 1. The molecule has 1 aromatic heterocycles. The first-order valence-corrected chi connectivity index (χ1v) is 6.09. The van der Waals surface area contributed by atoms with Gasteiger partial charge in [0, 0.05) is 38.8 Å². The molecule has 0 bridgehead atoms. The highest BCUT2D eigenvalue weighted by Crippen LogP contribution is 2.18. The molecule has 1 fully saturated rings. The van der Waals surface area contributed by atoms with Gasteiger partial charge >= 0.3 is 0 Å². The van der Waals surface area contributed by atoms with Gasteiger partial charge in [0.2, 0.25) is 5.91 Å². The molecule has 0 unspecified atom stereocenters. The van der Waals surface area contributed by atoms with Gasteiger partial charge in [-0.05, 0) is 12.3 Å². The summed E-state index contributed by atoms with van der Waals surface area (Å²) in [5, 5.41) is 7.98. The molecule has 1 saturated heterocycles. The summed E-state index contributed by atoms with van der Waals surface area (Å²) in [6, 6.07) is 0. The monoisotopic (exact) mass is 237 g/mol. The molecule has 0 aromatic carbocycles. The Morgan fingerprint density at radius 1 is 1.65 bits per heavy atom. The average Bonchev–Trinajstić information content (AvgIpc) is 2.97. The summed E-state index contributed by atoms with van der Waals surface area (Å²) >= 11 is 0. The number of aromatic nitrogens is 3. The van der Waals surface area contributed by atoms with Gasteiger partial charge in [-0.2, -0.15) is 0 Å². The van der Waals surface area contributed by atoms with Crippen LogP contribution in [0.3, 0.4) is 0 Å². The van der Waals surface area contributed by atoms with E-state index in [9.17, 15) is 4.79 Å². The third kappa shape index (κ3) is 2.82. The molecule has 6 nitrogen and oxygen atoms in total. The van der Waals surface area contributed by atoms with Gasteiger partial charge in [-0.1, -0.05) is 12.1 Å². The van der Waals surface area contributed by atoms with Crippen LogP contribution in [0.25, 0.3) is 0 Å². The summed E-state index contributed by atoms with van der Waals surface area (Å²) in [5.41, 5.74) is 6.29. The first kappa shape index (κ1) is 12.0. The van der Waals surface area contributed by atoms with Crippen LogP contribution in [0.4, 0.5) is 0 Å². The second-order valence-corrected chi connectivity index (χ2v) is 4.48. The molecule has 0 aliphatic carbocycles. The van der Waals surface area contributed by atoms with Crippen molar-refractivity contribution >= 4 is 5.91 Å². The Labute approximate surface area is 101 Å². The van der Waals surface area contributed by atoms with E-state index in [0.29, 0.717) is 18.9 Å². The van der Waals surface area contributed by atoms with Gasteiger partial charge in [0.15, 0.2) is 0 Å². The fourth-order valence-electron chi connectivity index (χ4n) is 2.22. The Hall–Kier alpha value is -1.43. The fourth-order valence-corrected chi connectivity index (χ4v) is 2.22. The third-order valence-electron chi connectivity index (χ3n) is 3.18. The van der Waals surface area contributed by atoms with Gasteiger partial charge in [-0.15, -0.1) is 5.10 Å². The number of likely N-dealkylation sites (tertiary alicyclic amines) is 1. The van der Waals surface area contributed by atoms with Gasteiger partial charge in [0.1, 0.15) is 0 Å². The fraction of sp³-hybridized carbons (Fsp3) is 0.727. The van der Waals surface area contributed by atoms with Crippen LogP contribution in [0.1, 0.15) is 25.5 Å². The Balaban J connectivity index is 1.87. The van der Waals surface area contributed by atoms with E-state index in [4.69, 9.17) is 5.73 Å². The second-order valence-electron chi connectivity index (χ2n) is 4.48. The highest BCUT2D eigenvalue weighted by Gasteiger charge is 2.25. The number of carbonyl (C=O) groups is 1. The molecule has 94 valence electrons. The van der Waals surface area contributed by atoms with E-state index >= 15 is 0 Å². The minimum atomic E-state index is 0.244. The van der Waals surface area contributed by atoms with Crippen LogP contribution >= 0.6 is 0 Å². The third-order valence-corrected chi connectivity index (χ3v) is 3.18. The molecule has 1 aliphatic rings. The predicted molar refractivity (Wildman–Crippen MR) is 62.9 cm³/mol. The molecule has 17 heavy (non-hydrogen) atoms. The molecule has 1 aromatic rings. The van der Waals surface area contributed by atoms with Crippen molar-refractivity contribution in [3.63, 3.8) is 0 Å². The van der Waals surface area contributed by atoms with Gasteiger partial charge in [-0.25, -0.2) is 0 Å². The first-order valence-electron chi connectivity index (χ1n) is 6.09. The standard InChI is InChI=1S/C11H19N5O/c1-2-11(17)15-4-3-9(6-15)7-16-8-10(5-12)13-14-16/h8-9H,2-7,12H2,1H3/t9-/m0/s1. The van der Waals surface area contributed by atoms with Crippen molar-refractivity contribution in [1.82, 2.24) is 19.9 Å². The molecule has 2 heterocycles. The average molecular weight is 237 g/mol. The maximum Gasteiger partial charge on any atom is 0.222 e. The van der Waals surface area contributed by atoms with E-state index in [2.05, 4.69) is 10.3 Å². The maximum absolute atomic E-state index is 11.5. The van der Waals surface area contributed by atoms with Crippen LogP contribution < -0.4 is 5.73 Å². The molecule has 6 heteroatoms. The molecular weight excluding hydrogens is 218 g/mol. The van der Waals surface area contributed by atoms with E-state index in [1.54, 1.807) is 0 Å². The molecular formula is C11H19N5O. The summed E-state index contributed by atoms with van der Waals surface area (Å²) in [6.07, 6.45) is 3.52. The van der Waals surface area contributed by atoms with Crippen molar-refractivity contribution in [3.8, 4) is 0 Å². The molecule has 0 spiro atoms. The quantitative estimate of drug-likeness (QED) is 0.799. The minimum absolute atomic E-state index is 0.244. The lowest BCUT2D eigenvalue weighted by atomic mass is 10.1. The summed E-state index contributed by atoms with van der Waals surface area (Å²) in [7, 11) is 0. The normalized spacial score (nSPS) is 19.9. The topological polar surface area (TPSA) is 77.0 Å². The van der Waals surface area contributed by atoms with Crippen molar-refractivity contribution < 1.29 is 4.79 Å². The molecule has 1 amide bonds. The molecule has 0 saturated carbocycles. The van der Waals surface area contributed by atoms with E-state index in [0.717, 1.165) is 31.7 Å². The number of nitrogens with two attached hydrogens (primary N) is 1. The maximum atomic E-state index is 11.5. The van der Waals surface area contributed by atoms with Crippen LogP contribution in [0.5, 0.6) is 0 Å².